The zero-order valence-electron chi connectivity index (χ0n) is 15.0. The van der Waals surface area contributed by atoms with Crippen LogP contribution >= 0.6 is 0 Å². The smallest absolute Gasteiger partial charge is 0.410 e. The molecule has 1 aliphatic heterocycles. The third kappa shape index (κ3) is 4.53. The van der Waals surface area contributed by atoms with Gasteiger partial charge in [-0.25, -0.2) is 4.79 Å². The summed E-state index contributed by atoms with van der Waals surface area (Å²) in [6.07, 6.45) is 7.89. The van der Waals surface area contributed by atoms with Gasteiger partial charge in [0.2, 0.25) is 0 Å². The summed E-state index contributed by atoms with van der Waals surface area (Å²) in [4.78, 5) is 28.3. The van der Waals surface area contributed by atoms with Crippen LogP contribution in [0.25, 0.3) is 0 Å². The van der Waals surface area contributed by atoms with Crippen molar-refractivity contribution in [1.82, 2.24) is 9.80 Å². The first-order valence-electron chi connectivity index (χ1n) is 9.43. The summed E-state index contributed by atoms with van der Waals surface area (Å²) in [5.41, 5.74) is 0.659. The van der Waals surface area contributed by atoms with Crippen molar-refractivity contribution in [3.8, 4) is 0 Å². The highest BCUT2D eigenvalue weighted by atomic mass is 16.6. The molecule has 1 atom stereocenters. The van der Waals surface area contributed by atoms with Crippen LogP contribution in [0, 0.1) is 0 Å². The van der Waals surface area contributed by atoms with Crippen molar-refractivity contribution in [2.75, 3.05) is 20.1 Å². The van der Waals surface area contributed by atoms with E-state index in [0.29, 0.717) is 24.7 Å². The van der Waals surface area contributed by atoms with Gasteiger partial charge in [-0.3, -0.25) is 4.79 Å². The van der Waals surface area contributed by atoms with Gasteiger partial charge < -0.3 is 14.5 Å². The van der Waals surface area contributed by atoms with Crippen molar-refractivity contribution in [1.29, 1.82) is 0 Å². The SMILES string of the molecule is CN(C[C@H]1CN(C2CCCCCCC2)C(=O)O1)C(=O)c1ccccc1. The lowest BCUT2D eigenvalue weighted by Crippen LogP contribution is -2.39. The normalized spacial score (nSPS) is 22.2. The number of benzene rings is 1. The van der Waals surface area contributed by atoms with E-state index >= 15 is 0 Å². The molecule has 2 amide bonds. The minimum atomic E-state index is -0.240. The average Bonchev–Trinajstić information content (AvgIpc) is 2.95. The lowest BCUT2D eigenvalue weighted by Gasteiger charge is -2.27. The molecular formula is C20H28N2O3. The number of amides is 2. The summed E-state index contributed by atoms with van der Waals surface area (Å²) >= 11 is 0. The van der Waals surface area contributed by atoms with Crippen molar-refractivity contribution in [3.63, 3.8) is 0 Å². The van der Waals surface area contributed by atoms with E-state index in [1.165, 1.54) is 32.1 Å². The number of likely N-dealkylation sites (N-methyl/N-ethyl adjacent to an activating group) is 1. The number of carbonyl (C=O) groups excluding carboxylic acids is 2. The van der Waals surface area contributed by atoms with Crippen LogP contribution in [0.4, 0.5) is 4.79 Å². The molecule has 0 radical (unpaired) electrons. The molecule has 0 bridgehead atoms. The molecule has 1 heterocycles. The van der Waals surface area contributed by atoms with Crippen molar-refractivity contribution in [3.05, 3.63) is 35.9 Å². The predicted molar refractivity (Wildman–Crippen MR) is 96.5 cm³/mol. The maximum Gasteiger partial charge on any atom is 0.410 e. The van der Waals surface area contributed by atoms with Gasteiger partial charge in [-0.2, -0.15) is 0 Å². The predicted octanol–water partition coefficient (Wildman–Crippen LogP) is 3.69. The molecule has 1 saturated carbocycles. The van der Waals surface area contributed by atoms with E-state index in [0.717, 1.165) is 12.8 Å². The van der Waals surface area contributed by atoms with Crippen molar-refractivity contribution in [2.24, 2.45) is 0 Å². The van der Waals surface area contributed by atoms with Gasteiger partial charge in [0, 0.05) is 18.7 Å². The van der Waals surface area contributed by atoms with Crippen LogP contribution in [0.5, 0.6) is 0 Å². The monoisotopic (exact) mass is 344 g/mol. The minimum Gasteiger partial charge on any atom is -0.442 e. The number of ether oxygens (including phenoxy) is 1. The van der Waals surface area contributed by atoms with Gasteiger partial charge in [0.1, 0.15) is 6.10 Å². The zero-order valence-corrected chi connectivity index (χ0v) is 15.0. The summed E-state index contributed by atoms with van der Waals surface area (Å²) in [5.74, 6) is -0.0407. The van der Waals surface area contributed by atoms with Gasteiger partial charge in [-0.05, 0) is 25.0 Å². The van der Waals surface area contributed by atoms with Crippen LogP contribution in [0.2, 0.25) is 0 Å². The molecule has 5 nitrogen and oxygen atoms in total. The van der Waals surface area contributed by atoms with Crippen molar-refractivity contribution < 1.29 is 14.3 Å². The molecule has 2 aliphatic rings. The molecule has 5 heteroatoms. The van der Waals surface area contributed by atoms with Crippen LogP contribution < -0.4 is 0 Å². The van der Waals surface area contributed by atoms with Gasteiger partial charge >= 0.3 is 6.09 Å². The molecule has 3 rings (SSSR count). The van der Waals surface area contributed by atoms with Crippen LogP contribution in [-0.4, -0.2) is 54.1 Å². The van der Waals surface area contributed by atoms with Crippen molar-refractivity contribution in [2.45, 2.75) is 57.1 Å². The molecule has 136 valence electrons. The Labute approximate surface area is 149 Å². The number of nitrogens with zero attached hydrogens (tertiary/aromatic N) is 2. The lowest BCUT2D eigenvalue weighted by atomic mass is 9.96. The second-order valence-electron chi connectivity index (χ2n) is 7.21. The standard InChI is InChI=1S/C20H28N2O3/c1-21(19(23)16-10-6-5-7-11-16)14-18-15-22(20(24)25-18)17-12-8-3-2-4-9-13-17/h5-7,10-11,17-18H,2-4,8-9,12-15H2,1H3/t18-/m0/s1. The van der Waals surface area contributed by atoms with Crippen LogP contribution in [0.3, 0.4) is 0 Å². The topological polar surface area (TPSA) is 49.9 Å². The van der Waals surface area contributed by atoms with E-state index in [9.17, 15) is 9.59 Å². The number of cyclic esters (lactones) is 1. The molecule has 0 spiro atoms. The van der Waals surface area contributed by atoms with E-state index in [2.05, 4.69) is 0 Å². The first-order chi connectivity index (χ1) is 12.1. The Kier molecular flexibility index (Phi) is 5.95. The largest absolute Gasteiger partial charge is 0.442 e. The third-order valence-corrected chi connectivity index (χ3v) is 5.26. The Morgan fingerprint density at radius 2 is 1.76 bits per heavy atom. The molecule has 25 heavy (non-hydrogen) atoms. The first kappa shape index (κ1) is 17.8. The van der Waals surface area contributed by atoms with Crippen molar-refractivity contribution >= 4 is 12.0 Å². The summed E-state index contributed by atoms with van der Waals surface area (Å²) in [6.45, 7) is 1.03. The Morgan fingerprint density at radius 1 is 1.12 bits per heavy atom. The highest BCUT2D eigenvalue weighted by Crippen LogP contribution is 2.25. The first-order valence-corrected chi connectivity index (χ1v) is 9.43. The Morgan fingerprint density at radius 3 is 2.44 bits per heavy atom. The fraction of sp³-hybridized carbons (Fsp3) is 0.600. The number of hydrogen-bond acceptors (Lipinski definition) is 3. The molecule has 1 saturated heterocycles. The van der Waals surface area contributed by atoms with E-state index in [4.69, 9.17) is 4.74 Å². The molecule has 1 aliphatic carbocycles. The molecule has 0 aromatic heterocycles. The molecule has 1 aromatic rings. The molecule has 1 aromatic carbocycles. The molecule has 2 fully saturated rings. The summed E-state index contributed by atoms with van der Waals surface area (Å²) in [7, 11) is 1.77. The molecule has 0 N–H and O–H groups in total. The maximum atomic E-state index is 12.5. The lowest BCUT2D eigenvalue weighted by molar-refractivity contribution is 0.0693. The second-order valence-corrected chi connectivity index (χ2v) is 7.21. The summed E-state index contributed by atoms with van der Waals surface area (Å²) < 4.78 is 5.55. The number of carbonyl (C=O) groups is 2. The molecular weight excluding hydrogens is 316 g/mol. The van der Waals surface area contributed by atoms with Crippen LogP contribution in [0.1, 0.15) is 55.3 Å². The Hall–Kier alpha value is -2.04. The fourth-order valence-electron chi connectivity index (χ4n) is 3.87. The second kappa shape index (κ2) is 8.37. The van der Waals surface area contributed by atoms with Gasteiger partial charge in [-0.15, -0.1) is 0 Å². The third-order valence-electron chi connectivity index (χ3n) is 5.26. The van der Waals surface area contributed by atoms with E-state index in [1.807, 2.05) is 23.1 Å². The molecule has 0 unspecified atom stereocenters. The van der Waals surface area contributed by atoms with Crippen LogP contribution in [-0.2, 0) is 4.74 Å². The van der Waals surface area contributed by atoms with Gasteiger partial charge in [0.05, 0.1) is 13.1 Å². The average molecular weight is 344 g/mol. The summed E-state index contributed by atoms with van der Waals surface area (Å²) in [5, 5.41) is 0. The van der Waals surface area contributed by atoms with E-state index in [-0.39, 0.29) is 18.1 Å². The Balaban J connectivity index is 1.55. The number of hydrogen-bond donors (Lipinski definition) is 0. The van der Waals surface area contributed by atoms with Gasteiger partial charge in [0.15, 0.2) is 0 Å². The highest BCUT2D eigenvalue weighted by molar-refractivity contribution is 5.94. The Bertz CT molecular complexity index is 582. The van der Waals surface area contributed by atoms with Gasteiger partial charge in [-0.1, -0.05) is 50.3 Å². The zero-order chi connectivity index (χ0) is 17.6. The quantitative estimate of drug-likeness (QED) is 0.837. The fourth-order valence-corrected chi connectivity index (χ4v) is 3.87. The summed E-state index contributed by atoms with van der Waals surface area (Å²) in [6, 6.07) is 9.51. The maximum absolute atomic E-state index is 12.5. The van der Waals surface area contributed by atoms with E-state index < -0.39 is 0 Å². The van der Waals surface area contributed by atoms with E-state index in [1.54, 1.807) is 24.1 Å². The van der Waals surface area contributed by atoms with Gasteiger partial charge in [0.25, 0.3) is 5.91 Å². The minimum absolute atomic E-state index is 0.0407. The van der Waals surface area contributed by atoms with Crippen LogP contribution in [0.15, 0.2) is 30.3 Å². The highest BCUT2D eigenvalue weighted by Gasteiger charge is 2.36. The number of rotatable bonds is 4.